The van der Waals surface area contributed by atoms with Crippen molar-refractivity contribution < 1.29 is 42.2 Å². The van der Waals surface area contributed by atoms with Crippen molar-refractivity contribution in [1.29, 1.82) is 0 Å². The molecule has 2 heterocycles. The Bertz CT molecular complexity index is 1830. The summed E-state index contributed by atoms with van der Waals surface area (Å²) in [5, 5.41) is 13.2. The number of carbonyl (C=O) groups excluding carboxylic acids is 3. The Kier molecular flexibility index (Phi) is 9.97. The molecule has 13 heteroatoms. The second kappa shape index (κ2) is 14.3. The number of halogens is 3. The number of nitrogens with one attached hydrogen (secondary N) is 1. The van der Waals surface area contributed by atoms with Gasteiger partial charge in [-0.3, -0.25) is 19.6 Å². The molecule has 10 nitrogen and oxygen atoms in total. The number of aliphatic imine (C=N–C) groups is 1. The molecule has 0 spiro atoms. The Morgan fingerprint density at radius 2 is 1.65 bits per heavy atom. The maximum absolute atomic E-state index is 13.8. The lowest BCUT2D eigenvalue weighted by atomic mass is 9.87. The number of carbonyl (C=O) groups is 4. The van der Waals surface area contributed by atoms with E-state index in [9.17, 15) is 37.5 Å². The maximum atomic E-state index is 13.8. The van der Waals surface area contributed by atoms with Crippen molar-refractivity contribution in [2.24, 2.45) is 4.99 Å². The Morgan fingerprint density at radius 1 is 0.979 bits per heavy atom. The number of aromatic nitrogens is 1. The van der Waals surface area contributed by atoms with E-state index in [1.807, 2.05) is 0 Å². The van der Waals surface area contributed by atoms with Crippen LogP contribution in [-0.2, 0) is 20.5 Å². The highest BCUT2D eigenvalue weighted by molar-refractivity contribution is 6.10. The van der Waals surface area contributed by atoms with Gasteiger partial charge in [-0.05, 0) is 48.4 Å². The summed E-state index contributed by atoms with van der Waals surface area (Å²) in [5.74, 6) is -4.10. The molecule has 5 rings (SSSR count). The zero-order valence-corrected chi connectivity index (χ0v) is 25.4. The summed E-state index contributed by atoms with van der Waals surface area (Å²) in [6.07, 6.45) is -4.73. The largest absolute Gasteiger partial charge is 0.480 e. The number of alkyl halides is 3. The molecule has 0 aliphatic carbocycles. The number of nitrogens with zero attached hydrogens (tertiary/aromatic N) is 3. The molecule has 3 aromatic carbocycles. The number of hydrogen-bond donors (Lipinski definition) is 2. The van der Waals surface area contributed by atoms with Gasteiger partial charge in [0.1, 0.15) is 18.3 Å². The lowest BCUT2D eigenvalue weighted by Gasteiger charge is -2.26. The number of pyridine rings is 1. The van der Waals surface area contributed by atoms with Crippen LogP contribution in [0, 0.1) is 0 Å². The first-order valence-electron chi connectivity index (χ1n) is 14.7. The van der Waals surface area contributed by atoms with Crippen LogP contribution < -0.4 is 5.32 Å². The normalized spacial score (nSPS) is 16.2. The third-order valence-corrected chi connectivity index (χ3v) is 7.82. The van der Waals surface area contributed by atoms with Crippen LogP contribution in [-0.4, -0.2) is 57.2 Å². The van der Waals surface area contributed by atoms with Crippen LogP contribution in [0.4, 0.5) is 23.7 Å². The fourth-order valence-corrected chi connectivity index (χ4v) is 5.42. The average Bonchev–Trinajstić information content (AvgIpc) is 3.48. The number of cyclic esters (lactones) is 1. The zero-order chi connectivity index (χ0) is 34.4. The van der Waals surface area contributed by atoms with E-state index >= 15 is 0 Å². The first-order chi connectivity index (χ1) is 22.9. The molecule has 0 bridgehead atoms. The summed E-state index contributed by atoms with van der Waals surface area (Å²) in [6, 6.07) is 21.2. The topological polar surface area (TPSA) is 138 Å². The number of amides is 3. The lowest BCUT2D eigenvalue weighted by molar-refractivity contribution is -0.140. The standard InChI is InChI=1S/C35H29F3N4O6/c1-21(25-11-5-6-12-27(25)41-32(44)28-13-7-8-18-39-28)40-31(33(45)46)26(22-14-16-24(17-15-22)35(36,37)38)19-30(43)42-29(20-48-34(42)47)23-9-3-2-4-10-23/h2-18,26,29,31H,19-20H2,1H3,(H,41,44)(H,45,46)/t26-,29-,31+/m1/s1. The highest BCUT2D eigenvalue weighted by atomic mass is 19.4. The van der Waals surface area contributed by atoms with Crippen LogP contribution in [0.25, 0.3) is 0 Å². The lowest BCUT2D eigenvalue weighted by Crippen LogP contribution is -2.38. The number of ether oxygens (including phenoxy) is 1. The Hall–Kier alpha value is -5.85. The van der Waals surface area contributed by atoms with E-state index in [0.717, 1.165) is 29.2 Å². The number of aliphatic carboxylic acids is 1. The summed E-state index contributed by atoms with van der Waals surface area (Å²) in [6.45, 7) is 1.39. The van der Waals surface area contributed by atoms with Crippen molar-refractivity contribution in [3.63, 3.8) is 0 Å². The smallest absolute Gasteiger partial charge is 0.417 e. The monoisotopic (exact) mass is 658 g/mol. The number of benzene rings is 3. The molecule has 1 aliphatic rings. The number of para-hydroxylation sites is 1. The fraction of sp³-hybridized carbons (Fsp3) is 0.200. The molecule has 1 saturated heterocycles. The first-order valence-corrected chi connectivity index (χ1v) is 14.7. The summed E-state index contributed by atoms with van der Waals surface area (Å²) < 4.78 is 45.4. The van der Waals surface area contributed by atoms with E-state index in [-0.39, 0.29) is 23.6 Å². The number of imide groups is 1. The molecule has 1 aromatic heterocycles. The van der Waals surface area contributed by atoms with E-state index in [0.29, 0.717) is 16.8 Å². The second-order valence-electron chi connectivity index (χ2n) is 10.9. The third kappa shape index (κ3) is 7.57. The Labute approximate surface area is 272 Å². The third-order valence-electron chi connectivity index (χ3n) is 7.82. The summed E-state index contributed by atoms with van der Waals surface area (Å²) in [5.41, 5.74) is 0.681. The van der Waals surface area contributed by atoms with Crippen molar-refractivity contribution in [2.75, 3.05) is 11.9 Å². The van der Waals surface area contributed by atoms with Gasteiger partial charge in [-0.25, -0.2) is 14.5 Å². The maximum Gasteiger partial charge on any atom is 0.417 e. The average molecular weight is 659 g/mol. The quantitative estimate of drug-likeness (QED) is 0.185. The summed E-state index contributed by atoms with van der Waals surface area (Å²) in [7, 11) is 0. The number of hydrogen-bond acceptors (Lipinski definition) is 7. The number of rotatable bonds is 10. The van der Waals surface area contributed by atoms with Crippen LogP contribution in [0.2, 0.25) is 0 Å². The molecule has 3 atom stereocenters. The van der Waals surface area contributed by atoms with E-state index in [1.165, 1.54) is 19.2 Å². The minimum Gasteiger partial charge on any atom is -0.480 e. The van der Waals surface area contributed by atoms with Crippen molar-refractivity contribution >= 4 is 35.3 Å². The van der Waals surface area contributed by atoms with Crippen LogP contribution in [0.1, 0.15) is 58.0 Å². The van der Waals surface area contributed by atoms with Gasteiger partial charge in [-0.1, -0.05) is 66.7 Å². The predicted molar refractivity (Wildman–Crippen MR) is 168 cm³/mol. The molecule has 0 unspecified atom stereocenters. The van der Waals surface area contributed by atoms with Crippen LogP contribution in [0.3, 0.4) is 0 Å². The molecule has 1 aliphatic heterocycles. The van der Waals surface area contributed by atoms with E-state index in [4.69, 9.17) is 4.74 Å². The summed E-state index contributed by atoms with van der Waals surface area (Å²) in [4.78, 5) is 61.6. The number of anilines is 1. The number of carboxylic acid groups (broad SMARTS) is 1. The SMILES string of the molecule is CC(=N[C@H](C(=O)O)[C@H](CC(=O)N1C(=O)OC[C@@H]1c1ccccc1)c1ccc(C(F)(F)F)cc1)c1ccccc1NC(=O)c1ccccn1. The molecule has 0 saturated carbocycles. The zero-order valence-electron chi connectivity index (χ0n) is 25.4. The molecule has 0 radical (unpaired) electrons. The molecule has 2 N–H and O–H groups in total. The van der Waals surface area contributed by atoms with Gasteiger partial charge in [0.25, 0.3) is 5.91 Å². The minimum atomic E-state index is -4.66. The van der Waals surface area contributed by atoms with Gasteiger partial charge < -0.3 is 15.2 Å². The number of carboxylic acids is 1. The van der Waals surface area contributed by atoms with Gasteiger partial charge in [-0.2, -0.15) is 13.2 Å². The molecule has 48 heavy (non-hydrogen) atoms. The Morgan fingerprint density at radius 3 is 2.29 bits per heavy atom. The molecule has 3 amide bonds. The van der Waals surface area contributed by atoms with Crippen molar-refractivity contribution in [3.8, 4) is 0 Å². The van der Waals surface area contributed by atoms with Gasteiger partial charge in [0.05, 0.1) is 11.3 Å². The Balaban J connectivity index is 1.52. The van der Waals surface area contributed by atoms with Crippen LogP contribution in [0.15, 0.2) is 108 Å². The summed E-state index contributed by atoms with van der Waals surface area (Å²) >= 11 is 0. The molecule has 246 valence electrons. The van der Waals surface area contributed by atoms with Gasteiger partial charge in [0.15, 0.2) is 6.04 Å². The fourth-order valence-electron chi connectivity index (χ4n) is 5.42. The molecule has 1 fully saturated rings. The van der Waals surface area contributed by atoms with Crippen LogP contribution >= 0.6 is 0 Å². The molecular weight excluding hydrogens is 629 g/mol. The predicted octanol–water partition coefficient (Wildman–Crippen LogP) is 6.51. The van der Waals surface area contributed by atoms with Crippen molar-refractivity contribution in [1.82, 2.24) is 9.88 Å². The van der Waals surface area contributed by atoms with Gasteiger partial charge in [0.2, 0.25) is 5.91 Å². The van der Waals surface area contributed by atoms with E-state index < -0.39 is 60.0 Å². The van der Waals surface area contributed by atoms with Gasteiger partial charge in [0, 0.05) is 29.8 Å². The highest BCUT2D eigenvalue weighted by Gasteiger charge is 2.42. The van der Waals surface area contributed by atoms with Crippen molar-refractivity contribution in [2.45, 2.75) is 37.5 Å². The first kappa shape index (κ1) is 33.5. The van der Waals surface area contributed by atoms with E-state index in [1.54, 1.807) is 66.7 Å². The van der Waals surface area contributed by atoms with Gasteiger partial charge >= 0.3 is 18.2 Å². The highest BCUT2D eigenvalue weighted by Crippen LogP contribution is 2.35. The minimum absolute atomic E-state index is 0.0841. The van der Waals surface area contributed by atoms with E-state index in [2.05, 4.69) is 15.3 Å². The molecule has 4 aromatic rings. The van der Waals surface area contributed by atoms with Crippen molar-refractivity contribution in [3.05, 3.63) is 131 Å². The van der Waals surface area contributed by atoms with Gasteiger partial charge in [-0.15, -0.1) is 0 Å². The van der Waals surface area contributed by atoms with Crippen LogP contribution in [0.5, 0.6) is 0 Å². The second-order valence-corrected chi connectivity index (χ2v) is 10.9. The molecular formula is C35H29F3N4O6.